The molecule has 0 N–H and O–H groups in total. The first-order chi connectivity index (χ1) is 9.93. The van der Waals surface area contributed by atoms with Gasteiger partial charge in [-0.25, -0.2) is 0 Å². The van der Waals surface area contributed by atoms with Crippen LogP contribution in [0.4, 0.5) is 5.69 Å². The molecule has 1 aromatic carbocycles. The Morgan fingerprint density at radius 3 is 2.45 bits per heavy atom. The predicted octanol–water partition coefficient (Wildman–Crippen LogP) is 2.42. The van der Waals surface area contributed by atoms with E-state index in [4.69, 9.17) is 0 Å². The summed E-state index contributed by atoms with van der Waals surface area (Å²) in [6.45, 7) is 2.25. The van der Waals surface area contributed by atoms with Gasteiger partial charge in [0.1, 0.15) is 12.7 Å². The molecule has 0 atom stereocenters. The van der Waals surface area contributed by atoms with Crippen LogP contribution in [-0.4, -0.2) is 32.8 Å². The second-order valence-corrected chi connectivity index (χ2v) is 5.07. The van der Waals surface area contributed by atoms with Crippen LogP contribution in [0.2, 0.25) is 0 Å². The summed E-state index contributed by atoms with van der Waals surface area (Å²) in [7, 11) is 0. The minimum absolute atomic E-state index is 1.06. The average Bonchev–Trinajstić information content (AvgIpc) is 3.19. The third-order valence-corrected chi connectivity index (χ3v) is 3.87. The van der Waals surface area contributed by atoms with Crippen molar-refractivity contribution in [2.75, 3.05) is 18.0 Å². The van der Waals surface area contributed by atoms with Crippen molar-refractivity contribution in [1.29, 1.82) is 0 Å². The molecule has 0 saturated carbocycles. The standard InChI is InChI=1S/C15H15N5/c1-2-9-19(8-1)14-6-5-13(20-10-17-18-11-20)12-4-3-7-16-15(12)14/h3-7,10-11H,1-2,8-9H2. The van der Waals surface area contributed by atoms with Crippen molar-refractivity contribution in [3.8, 4) is 5.69 Å². The summed E-state index contributed by atoms with van der Waals surface area (Å²) in [5, 5.41) is 8.91. The molecule has 4 rings (SSSR count). The van der Waals surface area contributed by atoms with Gasteiger partial charge in [-0.2, -0.15) is 0 Å². The normalized spacial score (nSPS) is 15.1. The summed E-state index contributed by atoms with van der Waals surface area (Å²) in [6, 6.07) is 8.37. The Hall–Kier alpha value is -2.43. The molecule has 0 spiro atoms. The van der Waals surface area contributed by atoms with Gasteiger partial charge in [0, 0.05) is 24.7 Å². The first-order valence-corrected chi connectivity index (χ1v) is 6.91. The zero-order valence-electron chi connectivity index (χ0n) is 11.1. The Morgan fingerprint density at radius 2 is 1.65 bits per heavy atom. The molecule has 1 fully saturated rings. The molecule has 3 aromatic rings. The molecule has 0 aliphatic carbocycles. The van der Waals surface area contributed by atoms with E-state index in [2.05, 4.69) is 38.3 Å². The van der Waals surface area contributed by atoms with E-state index in [9.17, 15) is 0 Å². The van der Waals surface area contributed by atoms with Crippen molar-refractivity contribution >= 4 is 16.6 Å². The van der Waals surface area contributed by atoms with Crippen molar-refractivity contribution in [2.24, 2.45) is 0 Å². The SMILES string of the molecule is c1cnc2c(N3CCCC3)ccc(-n3cnnc3)c2c1. The summed E-state index contributed by atoms with van der Waals surface area (Å²) in [5.41, 5.74) is 3.36. The molecule has 1 aliphatic rings. The molecule has 5 heteroatoms. The van der Waals surface area contributed by atoms with Gasteiger partial charge in [-0.15, -0.1) is 10.2 Å². The van der Waals surface area contributed by atoms with Crippen molar-refractivity contribution in [1.82, 2.24) is 19.7 Å². The molecule has 100 valence electrons. The smallest absolute Gasteiger partial charge is 0.123 e. The quantitative estimate of drug-likeness (QED) is 0.714. The Labute approximate surface area is 116 Å². The number of anilines is 1. The van der Waals surface area contributed by atoms with E-state index >= 15 is 0 Å². The minimum atomic E-state index is 1.06. The third kappa shape index (κ3) is 1.74. The van der Waals surface area contributed by atoms with Gasteiger partial charge in [0.25, 0.3) is 0 Å². The Bertz CT molecular complexity index is 729. The number of benzene rings is 1. The van der Waals surface area contributed by atoms with Gasteiger partial charge in [0.15, 0.2) is 0 Å². The largest absolute Gasteiger partial charge is 0.370 e. The van der Waals surface area contributed by atoms with Gasteiger partial charge >= 0.3 is 0 Å². The lowest BCUT2D eigenvalue weighted by atomic mass is 10.1. The van der Waals surface area contributed by atoms with Crippen LogP contribution in [0.25, 0.3) is 16.6 Å². The number of pyridine rings is 1. The molecule has 5 nitrogen and oxygen atoms in total. The summed E-state index contributed by atoms with van der Waals surface area (Å²) in [6.07, 6.45) is 7.83. The number of hydrogen-bond acceptors (Lipinski definition) is 4. The average molecular weight is 265 g/mol. The van der Waals surface area contributed by atoms with Crippen LogP contribution in [0.15, 0.2) is 43.1 Å². The van der Waals surface area contributed by atoms with E-state index in [0.29, 0.717) is 0 Å². The zero-order chi connectivity index (χ0) is 13.4. The van der Waals surface area contributed by atoms with E-state index in [-0.39, 0.29) is 0 Å². The van der Waals surface area contributed by atoms with Crippen LogP contribution < -0.4 is 4.90 Å². The fraction of sp³-hybridized carbons (Fsp3) is 0.267. The highest BCUT2D eigenvalue weighted by molar-refractivity contribution is 5.96. The lowest BCUT2D eigenvalue weighted by Gasteiger charge is -2.20. The lowest BCUT2D eigenvalue weighted by Crippen LogP contribution is -2.18. The second-order valence-electron chi connectivity index (χ2n) is 5.07. The zero-order valence-corrected chi connectivity index (χ0v) is 11.1. The van der Waals surface area contributed by atoms with E-state index in [1.165, 1.54) is 18.5 Å². The van der Waals surface area contributed by atoms with Crippen molar-refractivity contribution < 1.29 is 0 Å². The molecular weight excluding hydrogens is 250 g/mol. The van der Waals surface area contributed by atoms with Gasteiger partial charge in [0.2, 0.25) is 0 Å². The summed E-state index contributed by atoms with van der Waals surface area (Å²) < 4.78 is 1.93. The molecule has 3 heterocycles. The van der Waals surface area contributed by atoms with Crippen LogP contribution in [0.3, 0.4) is 0 Å². The molecule has 20 heavy (non-hydrogen) atoms. The van der Waals surface area contributed by atoms with Crippen molar-refractivity contribution in [3.63, 3.8) is 0 Å². The summed E-state index contributed by atoms with van der Waals surface area (Å²) in [4.78, 5) is 7.02. The van der Waals surface area contributed by atoms with E-state index in [1.807, 2.05) is 16.8 Å². The third-order valence-electron chi connectivity index (χ3n) is 3.87. The van der Waals surface area contributed by atoms with Crippen molar-refractivity contribution in [2.45, 2.75) is 12.8 Å². The Kier molecular flexibility index (Phi) is 2.62. The fourth-order valence-corrected chi connectivity index (χ4v) is 2.91. The molecule has 0 unspecified atom stereocenters. The molecule has 2 aromatic heterocycles. The molecule has 1 saturated heterocycles. The monoisotopic (exact) mass is 265 g/mol. The van der Waals surface area contributed by atoms with Gasteiger partial charge < -0.3 is 4.90 Å². The number of hydrogen-bond donors (Lipinski definition) is 0. The highest BCUT2D eigenvalue weighted by Crippen LogP contribution is 2.31. The van der Waals surface area contributed by atoms with Crippen LogP contribution in [-0.2, 0) is 0 Å². The molecule has 1 aliphatic heterocycles. The van der Waals surface area contributed by atoms with E-state index < -0.39 is 0 Å². The number of aromatic nitrogens is 4. The van der Waals surface area contributed by atoms with Crippen molar-refractivity contribution in [3.05, 3.63) is 43.1 Å². The van der Waals surface area contributed by atoms with Gasteiger partial charge in [-0.05, 0) is 37.1 Å². The van der Waals surface area contributed by atoms with Crippen LogP contribution in [0, 0.1) is 0 Å². The highest BCUT2D eigenvalue weighted by Gasteiger charge is 2.17. The Morgan fingerprint density at radius 1 is 0.900 bits per heavy atom. The maximum absolute atomic E-state index is 4.60. The topological polar surface area (TPSA) is 46.8 Å². The predicted molar refractivity (Wildman–Crippen MR) is 78.1 cm³/mol. The maximum Gasteiger partial charge on any atom is 0.123 e. The van der Waals surface area contributed by atoms with E-state index in [0.717, 1.165) is 29.7 Å². The number of fused-ring (bicyclic) bond motifs is 1. The Balaban J connectivity index is 1.94. The van der Waals surface area contributed by atoms with E-state index in [1.54, 1.807) is 12.7 Å². The van der Waals surface area contributed by atoms with Gasteiger partial charge in [0.05, 0.1) is 16.9 Å². The first-order valence-electron chi connectivity index (χ1n) is 6.91. The molecule has 0 radical (unpaired) electrons. The second kappa shape index (κ2) is 4.59. The van der Waals surface area contributed by atoms with Gasteiger partial charge in [-0.3, -0.25) is 9.55 Å². The summed E-state index contributed by atoms with van der Waals surface area (Å²) in [5.74, 6) is 0. The maximum atomic E-state index is 4.60. The van der Waals surface area contributed by atoms with Crippen LogP contribution in [0.1, 0.15) is 12.8 Å². The molecule has 0 bridgehead atoms. The first kappa shape index (κ1) is 11.4. The van der Waals surface area contributed by atoms with Gasteiger partial charge in [-0.1, -0.05) is 0 Å². The number of nitrogens with zero attached hydrogens (tertiary/aromatic N) is 5. The highest BCUT2D eigenvalue weighted by atomic mass is 15.2. The molecular formula is C15H15N5. The minimum Gasteiger partial charge on any atom is -0.370 e. The molecule has 0 amide bonds. The summed E-state index contributed by atoms with van der Waals surface area (Å²) >= 11 is 0. The van der Waals surface area contributed by atoms with Crippen LogP contribution in [0.5, 0.6) is 0 Å². The van der Waals surface area contributed by atoms with Crippen LogP contribution >= 0.6 is 0 Å². The lowest BCUT2D eigenvalue weighted by molar-refractivity contribution is 0.949. The fourth-order valence-electron chi connectivity index (χ4n) is 2.91. The number of rotatable bonds is 2.